The Morgan fingerprint density at radius 2 is 2.22 bits per heavy atom. The maximum absolute atomic E-state index is 5.21. The maximum Gasteiger partial charge on any atom is 0.203 e. The third kappa shape index (κ3) is 3.07. The van der Waals surface area contributed by atoms with E-state index < -0.39 is 0 Å². The average Bonchev–Trinajstić information content (AvgIpc) is 2.75. The van der Waals surface area contributed by atoms with Crippen LogP contribution >= 0.6 is 11.3 Å². The van der Waals surface area contributed by atoms with Gasteiger partial charge in [0, 0.05) is 5.38 Å². The first-order chi connectivity index (χ1) is 8.69. The molecule has 4 nitrogen and oxygen atoms in total. The normalized spacial score (nSPS) is 10.8. The summed E-state index contributed by atoms with van der Waals surface area (Å²) in [6, 6.07) is 5.92. The molecule has 0 aliphatic carbocycles. The largest absolute Gasteiger partial charge is 0.496 e. The van der Waals surface area contributed by atoms with Crippen LogP contribution in [-0.4, -0.2) is 18.3 Å². The molecule has 2 rings (SSSR count). The molecular formula is C13H15N3OS. The van der Waals surface area contributed by atoms with Gasteiger partial charge in [-0.05, 0) is 43.2 Å². The lowest BCUT2D eigenvalue weighted by Crippen LogP contribution is -1.92. The second kappa shape index (κ2) is 5.64. The molecule has 0 spiro atoms. The van der Waals surface area contributed by atoms with E-state index in [0.29, 0.717) is 0 Å². The molecule has 18 heavy (non-hydrogen) atoms. The zero-order valence-corrected chi connectivity index (χ0v) is 11.4. The van der Waals surface area contributed by atoms with E-state index >= 15 is 0 Å². The van der Waals surface area contributed by atoms with E-state index in [9.17, 15) is 0 Å². The van der Waals surface area contributed by atoms with Crippen molar-refractivity contribution >= 4 is 22.7 Å². The van der Waals surface area contributed by atoms with E-state index in [4.69, 9.17) is 4.74 Å². The topological polar surface area (TPSA) is 46.5 Å². The van der Waals surface area contributed by atoms with Gasteiger partial charge < -0.3 is 4.74 Å². The molecule has 0 saturated heterocycles. The number of hydrazone groups is 1. The Morgan fingerprint density at radius 1 is 1.39 bits per heavy atom. The number of ether oxygens (including phenoxy) is 1. The highest BCUT2D eigenvalue weighted by molar-refractivity contribution is 7.13. The van der Waals surface area contributed by atoms with Gasteiger partial charge in [0.2, 0.25) is 5.13 Å². The number of nitrogens with one attached hydrogen (secondary N) is 1. The molecule has 5 heteroatoms. The molecule has 1 N–H and O–H groups in total. The number of nitrogens with zero attached hydrogens (tertiary/aromatic N) is 2. The zero-order chi connectivity index (χ0) is 13.0. The Balaban J connectivity index is 2.03. The van der Waals surface area contributed by atoms with Gasteiger partial charge in [0.25, 0.3) is 0 Å². The SMILES string of the molecule is COc1ccc(C=NNc2nc(C)cs2)cc1C. The van der Waals surface area contributed by atoms with Gasteiger partial charge in [0.05, 0.1) is 19.0 Å². The minimum atomic E-state index is 0.800. The molecular weight excluding hydrogens is 246 g/mol. The van der Waals surface area contributed by atoms with Gasteiger partial charge in [-0.25, -0.2) is 4.98 Å². The zero-order valence-electron chi connectivity index (χ0n) is 10.6. The molecule has 0 bridgehead atoms. The highest BCUT2D eigenvalue weighted by Gasteiger charge is 1.98. The third-order valence-electron chi connectivity index (χ3n) is 2.41. The van der Waals surface area contributed by atoms with Crippen LogP contribution in [0.25, 0.3) is 0 Å². The molecule has 0 saturated carbocycles. The maximum atomic E-state index is 5.21. The van der Waals surface area contributed by atoms with Gasteiger partial charge in [-0.2, -0.15) is 5.10 Å². The summed E-state index contributed by atoms with van der Waals surface area (Å²) in [5, 5.41) is 6.94. The predicted molar refractivity (Wildman–Crippen MR) is 75.8 cm³/mol. The monoisotopic (exact) mass is 261 g/mol. The van der Waals surface area contributed by atoms with E-state index in [-0.39, 0.29) is 0 Å². The first-order valence-electron chi connectivity index (χ1n) is 5.55. The quantitative estimate of drug-likeness (QED) is 0.679. The Labute approximate surface area is 110 Å². The molecule has 1 aromatic carbocycles. The second-order valence-corrected chi connectivity index (χ2v) is 4.75. The van der Waals surface area contributed by atoms with Gasteiger partial charge in [0.1, 0.15) is 5.75 Å². The number of hydrogen-bond acceptors (Lipinski definition) is 5. The average molecular weight is 261 g/mol. The van der Waals surface area contributed by atoms with Crippen molar-refractivity contribution in [3.05, 3.63) is 40.4 Å². The van der Waals surface area contributed by atoms with Crippen molar-refractivity contribution in [3.8, 4) is 5.75 Å². The number of thiazole rings is 1. The van der Waals surface area contributed by atoms with Crippen LogP contribution in [0.1, 0.15) is 16.8 Å². The van der Waals surface area contributed by atoms with Crippen LogP contribution in [0.5, 0.6) is 5.75 Å². The standard InChI is InChI=1S/C13H15N3OS/c1-9-6-11(4-5-12(9)17-3)7-14-16-13-15-10(2)8-18-13/h4-8H,1-3H3,(H,15,16). The lowest BCUT2D eigenvalue weighted by atomic mass is 10.1. The fourth-order valence-electron chi connectivity index (χ4n) is 1.55. The summed E-state index contributed by atoms with van der Waals surface area (Å²) in [4.78, 5) is 4.26. The Kier molecular flexibility index (Phi) is 3.94. The second-order valence-electron chi connectivity index (χ2n) is 3.89. The van der Waals surface area contributed by atoms with Gasteiger partial charge in [-0.3, -0.25) is 5.43 Å². The number of hydrogen-bond donors (Lipinski definition) is 1. The lowest BCUT2D eigenvalue weighted by molar-refractivity contribution is 0.411. The summed E-state index contributed by atoms with van der Waals surface area (Å²) in [6.45, 7) is 3.96. The molecule has 0 aliphatic heterocycles. The van der Waals surface area contributed by atoms with Gasteiger partial charge in [-0.1, -0.05) is 0 Å². The van der Waals surface area contributed by atoms with Gasteiger partial charge in [-0.15, -0.1) is 11.3 Å². The van der Waals surface area contributed by atoms with Crippen molar-refractivity contribution in [1.82, 2.24) is 4.98 Å². The summed E-state index contributed by atoms with van der Waals surface area (Å²) < 4.78 is 5.21. The van der Waals surface area contributed by atoms with E-state index in [1.807, 2.05) is 37.4 Å². The molecule has 1 heterocycles. The molecule has 0 aliphatic rings. The fourth-order valence-corrected chi connectivity index (χ4v) is 2.19. The Bertz CT molecular complexity index is 563. The van der Waals surface area contributed by atoms with Crippen LogP contribution < -0.4 is 10.2 Å². The number of aryl methyl sites for hydroxylation is 2. The van der Waals surface area contributed by atoms with E-state index in [0.717, 1.165) is 27.7 Å². The van der Waals surface area contributed by atoms with Gasteiger partial charge >= 0.3 is 0 Å². The van der Waals surface area contributed by atoms with Crippen molar-refractivity contribution in [2.24, 2.45) is 5.10 Å². The first kappa shape index (κ1) is 12.6. The van der Waals surface area contributed by atoms with E-state index in [2.05, 4.69) is 15.5 Å². The fraction of sp³-hybridized carbons (Fsp3) is 0.231. The first-order valence-corrected chi connectivity index (χ1v) is 6.43. The number of aromatic nitrogens is 1. The van der Waals surface area contributed by atoms with Crippen LogP contribution in [0.3, 0.4) is 0 Å². The van der Waals surface area contributed by atoms with Gasteiger partial charge in [0.15, 0.2) is 0 Å². The molecule has 0 amide bonds. The number of rotatable bonds is 4. The Hall–Kier alpha value is -1.88. The molecule has 0 atom stereocenters. The minimum Gasteiger partial charge on any atom is -0.496 e. The number of anilines is 1. The third-order valence-corrected chi connectivity index (χ3v) is 3.28. The molecule has 1 aromatic heterocycles. The molecule has 94 valence electrons. The highest BCUT2D eigenvalue weighted by Crippen LogP contribution is 2.18. The van der Waals surface area contributed by atoms with Crippen molar-refractivity contribution in [2.45, 2.75) is 13.8 Å². The van der Waals surface area contributed by atoms with Crippen LogP contribution in [0, 0.1) is 13.8 Å². The van der Waals surface area contributed by atoms with E-state index in [1.54, 1.807) is 13.3 Å². The predicted octanol–water partition coefficient (Wildman–Crippen LogP) is 3.21. The molecule has 2 aromatic rings. The summed E-state index contributed by atoms with van der Waals surface area (Å²) in [6.07, 6.45) is 1.77. The highest BCUT2D eigenvalue weighted by atomic mass is 32.1. The number of methoxy groups -OCH3 is 1. The summed E-state index contributed by atoms with van der Waals surface area (Å²) in [5.41, 5.74) is 6.02. The van der Waals surface area contributed by atoms with Crippen LogP contribution in [0.15, 0.2) is 28.7 Å². The molecule has 0 radical (unpaired) electrons. The van der Waals surface area contributed by atoms with E-state index in [1.165, 1.54) is 11.3 Å². The van der Waals surface area contributed by atoms with Crippen LogP contribution in [0.4, 0.5) is 5.13 Å². The summed E-state index contributed by atoms with van der Waals surface area (Å²) in [7, 11) is 1.67. The van der Waals surface area contributed by atoms with Crippen molar-refractivity contribution in [1.29, 1.82) is 0 Å². The number of benzene rings is 1. The van der Waals surface area contributed by atoms with Crippen molar-refractivity contribution in [3.63, 3.8) is 0 Å². The molecule has 0 unspecified atom stereocenters. The van der Waals surface area contributed by atoms with Crippen LogP contribution in [0.2, 0.25) is 0 Å². The minimum absolute atomic E-state index is 0.800. The van der Waals surface area contributed by atoms with Crippen molar-refractivity contribution < 1.29 is 4.74 Å². The van der Waals surface area contributed by atoms with Crippen LogP contribution in [-0.2, 0) is 0 Å². The van der Waals surface area contributed by atoms with Crippen molar-refractivity contribution in [2.75, 3.05) is 12.5 Å². The Morgan fingerprint density at radius 3 is 2.83 bits per heavy atom. The smallest absolute Gasteiger partial charge is 0.203 e. The molecule has 0 fully saturated rings. The summed E-state index contributed by atoms with van der Waals surface area (Å²) in [5.74, 6) is 0.885. The summed E-state index contributed by atoms with van der Waals surface area (Å²) >= 11 is 1.54. The lowest BCUT2D eigenvalue weighted by Gasteiger charge is -2.04.